The van der Waals surface area contributed by atoms with Crippen LogP contribution in [0.25, 0.3) is 0 Å². The molecule has 15 heavy (non-hydrogen) atoms. The average Bonchev–Trinajstić information content (AvgIpc) is 2.53. The molecule has 0 amide bonds. The van der Waals surface area contributed by atoms with E-state index in [1.54, 1.807) is 0 Å². The fraction of sp³-hybridized carbons (Fsp3) is 1.00. The van der Waals surface area contributed by atoms with Crippen molar-refractivity contribution in [2.75, 3.05) is 26.2 Å². The van der Waals surface area contributed by atoms with Gasteiger partial charge in [-0.1, -0.05) is 13.3 Å². The van der Waals surface area contributed by atoms with Crippen LogP contribution >= 0.6 is 0 Å². The van der Waals surface area contributed by atoms with Gasteiger partial charge >= 0.3 is 0 Å². The predicted molar refractivity (Wildman–Crippen MR) is 65.1 cm³/mol. The summed E-state index contributed by atoms with van der Waals surface area (Å²) < 4.78 is 0. The van der Waals surface area contributed by atoms with E-state index in [0.29, 0.717) is 0 Å². The van der Waals surface area contributed by atoms with Crippen LogP contribution in [0.5, 0.6) is 0 Å². The molecule has 2 rings (SSSR count). The maximum atomic E-state index is 3.51. The third kappa shape index (κ3) is 3.18. The van der Waals surface area contributed by atoms with E-state index in [2.05, 4.69) is 17.1 Å². The Morgan fingerprint density at radius 1 is 1.20 bits per heavy atom. The number of hydrogen-bond acceptors (Lipinski definition) is 2. The fourth-order valence-corrected chi connectivity index (χ4v) is 3.20. The molecule has 0 spiro atoms. The summed E-state index contributed by atoms with van der Waals surface area (Å²) in [5.41, 5.74) is 0. The highest BCUT2D eigenvalue weighted by molar-refractivity contribution is 4.83. The van der Waals surface area contributed by atoms with E-state index in [4.69, 9.17) is 0 Å². The summed E-state index contributed by atoms with van der Waals surface area (Å²) in [6.07, 6.45) is 8.44. The van der Waals surface area contributed by atoms with Crippen molar-refractivity contribution in [3.63, 3.8) is 0 Å². The van der Waals surface area contributed by atoms with Gasteiger partial charge in [0.05, 0.1) is 0 Å². The Kier molecular flexibility index (Phi) is 4.45. The second-order valence-corrected chi connectivity index (χ2v) is 5.27. The van der Waals surface area contributed by atoms with Crippen molar-refractivity contribution in [1.82, 2.24) is 10.2 Å². The molecule has 2 saturated heterocycles. The van der Waals surface area contributed by atoms with Crippen molar-refractivity contribution < 1.29 is 0 Å². The van der Waals surface area contributed by atoms with Crippen molar-refractivity contribution in [3.8, 4) is 0 Å². The van der Waals surface area contributed by atoms with Gasteiger partial charge in [0.25, 0.3) is 0 Å². The second-order valence-electron chi connectivity index (χ2n) is 5.27. The summed E-state index contributed by atoms with van der Waals surface area (Å²) >= 11 is 0. The van der Waals surface area contributed by atoms with Crippen LogP contribution < -0.4 is 5.32 Å². The third-order valence-electron chi connectivity index (χ3n) is 4.08. The summed E-state index contributed by atoms with van der Waals surface area (Å²) in [7, 11) is 0. The molecule has 2 atom stereocenters. The summed E-state index contributed by atoms with van der Waals surface area (Å²) in [6, 6.07) is 0.891. The lowest BCUT2D eigenvalue weighted by molar-refractivity contribution is 0.215. The van der Waals surface area contributed by atoms with E-state index in [1.807, 2.05) is 0 Å². The van der Waals surface area contributed by atoms with Crippen LogP contribution in [0.15, 0.2) is 0 Å². The highest BCUT2D eigenvalue weighted by Gasteiger charge is 2.27. The lowest BCUT2D eigenvalue weighted by Crippen LogP contribution is -2.34. The zero-order chi connectivity index (χ0) is 10.5. The van der Waals surface area contributed by atoms with Gasteiger partial charge in [0.2, 0.25) is 0 Å². The normalized spacial score (nSPS) is 34.2. The van der Waals surface area contributed by atoms with Crippen LogP contribution in [0.3, 0.4) is 0 Å². The van der Waals surface area contributed by atoms with Gasteiger partial charge in [-0.15, -0.1) is 0 Å². The van der Waals surface area contributed by atoms with E-state index in [0.717, 1.165) is 12.0 Å². The molecular weight excluding hydrogens is 184 g/mol. The molecule has 2 nitrogen and oxygen atoms in total. The van der Waals surface area contributed by atoms with Crippen molar-refractivity contribution in [2.45, 2.75) is 51.5 Å². The van der Waals surface area contributed by atoms with Gasteiger partial charge < -0.3 is 10.2 Å². The maximum absolute atomic E-state index is 3.51. The molecular formula is C13H26N2. The molecule has 2 aliphatic rings. The first kappa shape index (κ1) is 11.4. The van der Waals surface area contributed by atoms with Crippen LogP contribution in [0.4, 0.5) is 0 Å². The molecule has 2 unspecified atom stereocenters. The number of rotatable bonds is 3. The summed E-state index contributed by atoms with van der Waals surface area (Å²) in [6.45, 7) is 7.55. The molecule has 0 aromatic rings. The van der Waals surface area contributed by atoms with E-state index in [-0.39, 0.29) is 0 Å². The van der Waals surface area contributed by atoms with E-state index in [9.17, 15) is 0 Å². The molecule has 0 aromatic heterocycles. The fourth-order valence-electron chi connectivity index (χ4n) is 3.20. The van der Waals surface area contributed by atoms with E-state index >= 15 is 0 Å². The van der Waals surface area contributed by atoms with Crippen LogP contribution in [-0.2, 0) is 0 Å². The minimum absolute atomic E-state index is 0.891. The average molecular weight is 210 g/mol. The minimum atomic E-state index is 0.891. The summed E-state index contributed by atoms with van der Waals surface area (Å²) in [4.78, 5) is 2.77. The van der Waals surface area contributed by atoms with Crippen molar-refractivity contribution in [1.29, 1.82) is 0 Å². The van der Waals surface area contributed by atoms with Gasteiger partial charge in [-0.05, 0) is 57.7 Å². The number of nitrogens with one attached hydrogen (secondary N) is 1. The standard InChI is InChI=1S/C13H26N2/c1-2-4-12-7-10-15(11-12)13-5-3-8-14-9-6-13/h12-14H,2-11H2,1H3. The largest absolute Gasteiger partial charge is 0.317 e. The molecule has 2 heteroatoms. The van der Waals surface area contributed by atoms with Crippen LogP contribution in [0.1, 0.15) is 45.4 Å². The number of hydrogen-bond donors (Lipinski definition) is 1. The van der Waals surface area contributed by atoms with Crippen LogP contribution in [0.2, 0.25) is 0 Å². The number of likely N-dealkylation sites (tertiary alicyclic amines) is 1. The topological polar surface area (TPSA) is 15.3 Å². The van der Waals surface area contributed by atoms with Gasteiger partial charge in [-0.25, -0.2) is 0 Å². The van der Waals surface area contributed by atoms with Gasteiger partial charge in [-0.3, -0.25) is 0 Å². The Labute approximate surface area is 94.4 Å². The van der Waals surface area contributed by atoms with E-state index < -0.39 is 0 Å². The van der Waals surface area contributed by atoms with Gasteiger partial charge in [-0.2, -0.15) is 0 Å². The van der Waals surface area contributed by atoms with Crippen molar-refractivity contribution in [2.24, 2.45) is 5.92 Å². The predicted octanol–water partition coefficient (Wildman–Crippen LogP) is 2.25. The Hall–Kier alpha value is -0.0800. The quantitative estimate of drug-likeness (QED) is 0.768. The molecule has 0 bridgehead atoms. The Morgan fingerprint density at radius 3 is 3.00 bits per heavy atom. The minimum Gasteiger partial charge on any atom is -0.317 e. The molecule has 1 N–H and O–H groups in total. The highest BCUT2D eigenvalue weighted by Crippen LogP contribution is 2.25. The van der Waals surface area contributed by atoms with Crippen molar-refractivity contribution >= 4 is 0 Å². The zero-order valence-electron chi connectivity index (χ0n) is 10.2. The third-order valence-corrected chi connectivity index (χ3v) is 4.08. The molecule has 0 aromatic carbocycles. The second kappa shape index (κ2) is 5.86. The molecule has 2 heterocycles. The maximum Gasteiger partial charge on any atom is 0.0108 e. The molecule has 2 fully saturated rings. The van der Waals surface area contributed by atoms with Crippen LogP contribution in [-0.4, -0.2) is 37.1 Å². The van der Waals surface area contributed by atoms with Gasteiger partial charge in [0, 0.05) is 12.6 Å². The SMILES string of the molecule is CCCC1CCN(C2CCCNCC2)C1. The molecule has 0 aliphatic carbocycles. The summed E-state index contributed by atoms with van der Waals surface area (Å²) in [5, 5.41) is 3.51. The first-order chi connectivity index (χ1) is 7.40. The first-order valence-electron chi connectivity index (χ1n) is 6.85. The highest BCUT2D eigenvalue weighted by atomic mass is 15.2. The van der Waals surface area contributed by atoms with Crippen molar-refractivity contribution in [3.05, 3.63) is 0 Å². The van der Waals surface area contributed by atoms with E-state index in [1.165, 1.54) is 64.7 Å². The lowest BCUT2D eigenvalue weighted by Gasteiger charge is -2.26. The Morgan fingerprint density at radius 2 is 2.13 bits per heavy atom. The zero-order valence-corrected chi connectivity index (χ0v) is 10.2. The molecule has 0 saturated carbocycles. The Bertz CT molecular complexity index is 173. The molecule has 2 aliphatic heterocycles. The van der Waals surface area contributed by atoms with Gasteiger partial charge in [0.1, 0.15) is 0 Å². The first-order valence-corrected chi connectivity index (χ1v) is 6.85. The van der Waals surface area contributed by atoms with Crippen LogP contribution in [0, 0.1) is 5.92 Å². The monoisotopic (exact) mass is 210 g/mol. The number of nitrogens with zero attached hydrogens (tertiary/aromatic N) is 1. The molecule has 88 valence electrons. The smallest absolute Gasteiger partial charge is 0.0108 e. The van der Waals surface area contributed by atoms with Gasteiger partial charge in [0.15, 0.2) is 0 Å². The Balaban J connectivity index is 1.78. The summed E-state index contributed by atoms with van der Waals surface area (Å²) in [5.74, 6) is 1.01. The lowest BCUT2D eigenvalue weighted by atomic mass is 10.0. The molecule has 0 radical (unpaired) electrons.